The lowest BCUT2D eigenvalue weighted by Crippen LogP contribution is -2.26. The molecule has 7 nitrogen and oxygen atoms in total. The van der Waals surface area contributed by atoms with Crippen LogP contribution < -0.4 is 31.5 Å². The number of nitrogens with two attached hydrogens (primary N) is 1. The molecule has 0 spiro atoms. The van der Waals surface area contributed by atoms with Gasteiger partial charge in [-0.25, -0.2) is 13.6 Å². The second-order valence-corrected chi connectivity index (χ2v) is 8.46. The first-order chi connectivity index (χ1) is 17.7. The van der Waals surface area contributed by atoms with Crippen LogP contribution in [-0.4, -0.2) is 16.2 Å². The van der Waals surface area contributed by atoms with E-state index < -0.39 is 17.3 Å². The van der Waals surface area contributed by atoms with Crippen molar-refractivity contribution in [1.82, 2.24) is 9.13 Å². The maximum Gasteiger partial charge on any atom is 0.333 e. The highest BCUT2D eigenvalue weighted by atomic mass is 35.5. The molecule has 1 aromatic heterocycles. The first-order valence-electron chi connectivity index (χ1n) is 10.9. The fraction of sp³-hybridized carbons (Fsp3) is 0.111. The summed E-state index contributed by atoms with van der Waals surface area (Å²) in [7, 11) is 2.96. The van der Waals surface area contributed by atoms with E-state index in [1.165, 1.54) is 55.3 Å². The molecule has 0 unspecified atom stereocenters. The fourth-order valence-corrected chi connectivity index (χ4v) is 4.14. The van der Waals surface area contributed by atoms with E-state index in [2.05, 4.69) is 6.58 Å². The van der Waals surface area contributed by atoms with E-state index in [0.29, 0.717) is 27.1 Å². The van der Waals surface area contributed by atoms with Gasteiger partial charge >= 0.3 is 5.69 Å². The first-order valence-corrected chi connectivity index (χ1v) is 11.3. The van der Waals surface area contributed by atoms with Crippen LogP contribution in [0.4, 0.5) is 8.78 Å². The molecule has 2 N–H and O–H groups in total. The van der Waals surface area contributed by atoms with Crippen molar-refractivity contribution in [3.05, 3.63) is 108 Å². The summed E-state index contributed by atoms with van der Waals surface area (Å²) in [6.45, 7) is 4.11. The van der Waals surface area contributed by atoms with Gasteiger partial charge in [0.05, 0.1) is 40.2 Å². The summed E-state index contributed by atoms with van der Waals surface area (Å²) >= 11 is 5.88. The van der Waals surface area contributed by atoms with Gasteiger partial charge in [0.25, 0.3) is 0 Å². The summed E-state index contributed by atoms with van der Waals surface area (Å²) < 4.78 is 42.4. The summed E-state index contributed by atoms with van der Waals surface area (Å²) in [6.07, 6.45) is 1.24. The maximum atomic E-state index is 15.1. The predicted molar refractivity (Wildman–Crippen MR) is 136 cm³/mol. The van der Waals surface area contributed by atoms with Crippen LogP contribution >= 0.6 is 11.6 Å². The van der Waals surface area contributed by atoms with Crippen molar-refractivity contribution in [1.29, 1.82) is 5.26 Å². The number of aromatic nitrogens is 2. The minimum Gasteiger partial charge on any atom is -0.493 e. The smallest absolute Gasteiger partial charge is 0.333 e. The molecule has 188 valence electrons. The zero-order valence-corrected chi connectivity index (χ0v) is 20.6. The third-order valence-electron chi connectivity index (χ3n) is 5.80. The van der Waals surface area contributed by atoms with Gasteiger partial charge in [-0.2, -0.15) is 5.26 Å². The average molecular weight is 523 g/mol. The molecule has 0 saturated heterocycles. The highest BCUT2D eigenvalue weighted by molar-refractivity contribution is 6.30. The zero-order valence-electron chi connectivity index (χ0n) is 19.9. The number of hydrogen-bond donors (Lipinski definition) is 1. The van der Waals surface area contributed by atoms with Gasteiger partial charge in [0.2, 0.25) is 0 Å². The summed E-state index contributed by atoms with van der Waals surface area (Å²) in [6, 6.07) is 13.1. The summed E-state index contributed by atoms with van der Waals surface area (Å²) in [5.41, 5.74) is 5.97. The lowest BCUT2D eigenvalue weighted by atomic mass is 10.2. The van der Waals surface area contributed by atoms with Crippen LogP contribution in [0.3, 0.4) is 0 Å². The van der Waals surface area contributed by atoms with Crippen LogP contribution in [-0.2, 0) is 13.7 Å². The molecule has 4 rings (SSSR count). The molecule has 0 fully saturated rings. The van der Waals surface area contributed by atoms with Gasteiger partial charge < -0.3 is 15.2 Å². The Morgan fingerprint density at radius 2 is 1.89 bits per heavy atom. The first kappa shape index (κ1) is 25.5. The number of methoxy groups -OCH3 is 1. The second kappa shape index (κ2) is 10.2. The molecule has 4 aromatic rings. The van der Waals surface area contributed by atoms with E-state index in [-0.39, 0.29) is 34.0 Å². The van der Waals surface area contributed by atoms with Gasteiger partial charge in [0.15, 0.2) is 11.5 Å². The third kappa shape index (κ3) is 4.67. The van der Waals surface area contributed by atoms with Crippen molar-refractivity contribution in [2.24, 2.45) is 12.8 Å². The molecule has 0 radical (unpaired) electrons. The quantitative estimate of drug-likeness (QED) is 0.435. The SMILES string of the molecule is C=c1cc(OC)c(OCc2ccc(F)c(Cl)c2)c/c1=c1/c(=C\N)n(C)c(=O)n1-c1ccc(C#N)cc1F. The number of benzene rings is 3. The molecule has 0 aliphatic heterocycles. The molecular formula is C27H21ClF2N4O3. The van der Waals surface area contributed by atoms with E-state index in [1.54, 1.807) is 12.1 Å². The number of nitrogens with zero attached hydrogens (tertiary/aromatic N) is 3. The van der Waals surface area contributed by atoms with E-state index in [1.807, 2.05) is 6.07 Å². The fourth-order valence-electron chi connectivity index (χ4n) is 3.94. The zero-order chi connectivity index (χ0) is 26.9. The summed E-state index contributed by atoms with van der Waals surface area (Å²) in [5, 5.41) is 10.5. The molecule has 0 saturated carbocycles. The monoisotopic (exact) mass is 522 g/mol. The second-order valence-electron chi connectivity index (χ2n) is 8.05. The molecule has 10 heteroatoms. The van der Waals surface area contributed by atoms with Crippen LogP contribution in [0.25, 0.3) is 18.5 Å². The molecular weight excluding hydrogens is 502 g/mol. The van der Waals surface area contributed by atoms with Gasteiger partial charge in [0, 0.05) is 18.5 Å². The minimum atomic E-state index is -0.764. The van der Waals surface area contributed by atoms with Crippen LogP contribution in [0.15, 0.2) is 53.3 Å². The number of hydrogen-bond acceptors (Lipinski definition) is 5. The van der Waals surface area contributed by atoms with Gasteiger partial charge in [-0.15, -0.1) is 0 Å². The van der Waals surface area contributed by atoms with Gasteiger partial charge in [0.1, 0.15) is 18.2 Å². The van der Waals surface area contributed by atoms with Crippen molar-refractivity contribution >= 4 is 24.4 Å². The van der Waals surface area contributed by atoms with Crippen LogP contribution in [0, 0.1) is 33.5 Å². The Bertz CT molecular complexity index is 1840. The molecule has 0 bridgehead atoms. The lowest BCUT2D eigenvalue weighted by Gasteiger charge is -2.12. The van der Waals surface area contributed by atoms with Gasteiger partial charge in [-0.3, -0.25) is 9.13 Å². The molecule has 37 heavy (non-hydrogen) atoms. The Balaban J connectivity index is 2.03. The highest BCUT2D eigenvalue weighted by Gasteiger charge is 2.16. The summed E-state index contributed by atoms with van der Waals surface area (Å²) in [4.78, 5) is 13.2. The maximum absolute atomic E-state index is 15.1. The van der Waals surface area contributed by atoms with Crippen molar-refractivity contribution < 1.29 is 18.3 Å². The van der Waals surface area contributed by atoms with Gasteiger partial charge in [-0.1, -0.05) is 24.2 Å². The molecule has 0 aliphatic rings. The van der Waals surface area contributed by atoms with Crippen LogP contribution in [0.2, 0.25) is 5.02 Å². The Hall–Kier alpha value is -4.55. The molecule has 0 aliphatic carbocycles. The molecule has 0 atom stereocenters. The average Bonchev–Trinajstić information content (AvgIpc) is 3.14. The third-order valence-corrected chi connectivity index (χ3v) is 6.09. The van der Waals surface area contributed by atoms with E-state index in [9.17, 15) is 9.18 Å². The largest absolute Gasteiger partial charge is 0.493 e. The summed E-state index contributed by atoms with van der Waals surface area (Å²) in [5.74, 6) is -0.666. The molecule has 3 aromatic carbocycles. The molecule has 0 amide bonds. The normalized spacial score (nSPS) is 12.4. The van der Waals surface area contributed by atoms with E-state index >= 15 is 4.39 Å². The Kier molecular flexibility index (Phi) is 7.05. The number of rotatable bonds is 5. The number of halogens is 3. The predicted octanol–water partition coefficient (Wildman–Crippen LogP) is 2.96. The van der Waals surface area contributed by atoms with Crippen LogP contribution in [0.1, 0.15) is 11.1 Å². The topological polar surface area (TPSA) is 95.2 Å². The van der Waals surface area contributed by atoms with Crippen molar-refractivity contribution in [2.45, 2.75) is 6.61 Å². The standard InChI is InChI=1S/C27H21ClF2N4O3/c1-15-8-24(36-3)25(37-14-17-4-6-20(29)19(28)9-17)11-18(15)26-23(13-32)33(2)27(35)34(26)22-7-5-16(12-31)10-21(22)30/h4-11,13H,1,14,32H2,2-3H3/b23-13+,26-18+. The number of ether oxygens (including phenoxy) is 2. The van der Waals surface area contributed by atoms with Crippen molar-refractivity contribution in [3.63, 3.8) is 0 Å². The molecule has 1 heterocycles. The van der Waals surface area contributed by atoms with E-state index in [4.69, 9.17) is 32.1 Å². The minimum absolute atomic E-state index is 0.0357. The van der Waals surface area contributed by atoms with Gasteiger partial charge in [-0.05, 0) is 53.2 Å². The number of imidazole rings is 1. The van der Waals surface area contributed by atoms with Crippen molar-refractivity contribution in [3.8, 4) is 23.3 Å². The Morgan fingerprint density at radius 3 is 2.51 bits per heavy atom. The van der Waals surface area contributed by atoms with Crippen molar-refractivity contribution in [2.75, 3.05) is 7.11 Å². The Labute approximate surface area is 214 Å². The number of nitriles is 1. The highest BCUT2D eigenvalue weighted by Crippen LogP contribution is 2.27. The lowest BCUT2D eigenvalue weighted by molar-refractivity contribution is 0.284. The van der Waals surface area contributed by atoms with Crippen LogP contribution in [0.5, 0.6) is 11.5 Å². The van der Waals surface area contributed by atoms with E-state index in [0.717, 1.165) is 10.6 Å². The Morgan fingerprint density at radius 1 is 1.14 bits per heavy atom.